The maximum absolute atomic E-state index is 13.6. The average Bonchev–Trinajstić information content (AvgIpc) is 2.71. The van der Waals surface area contributed by atoms with Crippen molar-refractivity contribution in [3.8, 4) is 11.7 Å². The van der Waals surface area contributed by atoms with Gasteiger partial charge >= 0.3 is 6.18 Å². The Labute approximate surface area is 104 Å². The number of ether oxygens (including phenoxy) is 1. The van der Waals surface area contributed by atoms with Crippen molar-refractivity contribution < 1.29 is 22.3 Å². The van der Waals surface area contributed by atoms with Crippen LogP contribution >= 0.6 is 0 Å². The van der Waals surface area contributed by atoms with Crippen LogP contribution in [0.3, 0.4) is 0 Å². The van der Waals surface area contributed by atoms with Crippen LogP contribution in [0.5, 0.6) is 5.88 Å². The van der Waals surface area contributed by atoms with E-state index in [1.165, 1.54) is 13.2 Å². The van der Waals surface area contributed by atoms with E-state index >= 15 is 0 Å². The van der Waals surface area contributed by atoms with Crippen LogP contribution in [0.4, 0.5) is 23.2 Å². The summed E-state index contributed by atoms with van der Waals surface area (Å²) in [5, 5.41) is 3.40. The number of rotatable bonds is 2. The quantitative estimate of drug-likeness (QED) is 0.852. The molecule has 0 radical (unpaired) electrons. The van der Waals surface area contributed by atoms with Gasteiger partial charge in [-0.1, -0.05) is 0 Å². The lowest BCUT2D eigenvalue weighted by molar-refractivity contribution is -0.142. The molecule has 102 valence electrons. The van der Waals surface area contributed by atoms with Crippen molar-refractivity contribution >= 4 is 5.69 Å². The molecule has 9 heteroatoms. The molecule has 0 aliphatic heterocycles. The van der Waals surface area contributed by atoms with Crippen molar-refractivity contribution in [3.63, 3.8) is 0 Å². The lowest BCUT2D eigenvalue weighted by Gasteiger charge is -2.11. The van der Waals surface area contributed by atoms with E-state index in [0.717, 1.165) is 12.3 Å². The topological polar surface area (TPSA) is 66.0 Å². The Morgan fingerprint density at radius 3 is 2.58 bits per heavy atom. The number of nitrogens with zero attached hydrogens (tertiary/aromatic N) is 3. The SMILES string of the molecule is COc1ccc(F)c(-n2ncc(N)c2C(F)(F)F)n1. The Morgan fingerprint density at radius 2 is 2.00 bits per heavy atom. The highest BCUT2D eigenvalue weighted by molar-refractivity contribution is 5.46. The molecule has 0 spiro atoms. The first-order chi connectivity index (χ1) is 8.84. The van der Waals surface area contributed by atoms with Crippen LogP contribution in [-0.4, -0.2) is 21.9 Å². The number of hydrogen-bond acceptors (Lipinski definition) is 4. The first kappa shape index (κ1) is 13.1. The molecular weight excluding hydrogens is 268 g/mol. The van der Waals surface area contributed by atoms with Crippen molar-refractivity contribution in [2.24, 2.45) is 0 Å². The standard InChI is InChI=1S/C10H8F4N4O/c1-19-7-3-2-5(11)9(17-7)18-8(10(12,13)14)6(15)4-16-18/h2-4H,15H2,1H3. The Bertz CT molecular complexity index is 608. The van der Waals surface area contributed by atoms with Crippen molar-refractivity contribution in [2.45, 2.75) is 6.18 Å². The van der Waals surface area contributed by atoms with Gasteiger partial charge in [0.25, 0.3) is 0 Å². The molecule has 2 rings (SSSR count). The van der Waals surface area contributed by atoms with E-state index in [9.17, 15) is 17.6 Å². The van der Waals surface area contributed by atoms with Crippen molar-refractivity contribution in [1.29, 1.82) is 0 Å². The van der Waals surface area contributed by atoms with Crippen molar-refractivity contribution in [1.82, 2.24) is 14.8 Å². The summed E-state index contributed by atoms with van der Waals surface area (Å²) in [5.74, 6) is -1.66. The van der Waals surface area contributed by atoms with E-state index in [1.54, 1.807) is 0 Å². The van der Waals surface area contributed by atoms with Gasteiger partial charge in [0.05, 0.1) is 19.0 Å². The summed E-state index contributed by atoms with van der Waals surface area (Å²) in [6.45, 7) is 0. The van der Waals surface area contributed by atoms with Crippen LogP contribution in [-0.2, 0) is 6.18 Å². The second kappa shape index (κ2) is 4.41. The molecule has 2 heterocycles. The molecule has 0 bridgehead atoms. The molecule has 0 saturated carbocycles. The molecule has 5 nitrogen and oxygen atoms in total. The van der Waals surface area contributed by atoms with E-state index in [1.807, 2.05) is 0 Å². The second-order valence-corrected chi connectivity index (χ2v) is 3.52. The number of anilines is 1. The lowest BCUT2D eigenvalue weighted by atomic mass is 10.3. The summed E-state index contributed by atoms with van der Waals surface area (Å²) in [5.41, 5.74) is 3.30. The second-order valence-electron chi connectivity index (χ2n) is 3.52. The fourth-order valence-electron chi connectivity index (χ4n) is 1.48. The van der Waals surface area contributed by atoms with Gasteiger partial charge in [-0.05, 0) is 6.07 Å². The number of halogens is 4. The maximum Gasteiger partial charge on any atom is 0.435 e. The van der Waals surface area contributed by atoms with Gasteiger partial charge < -0.3 is 10.5 Å². The van der Waals surface area contributed by atoms with Crippen LogP contribution in [0.1, 0.15) is 5.69 Å². The first-order valence-electron chi connectivity index (χ1n) is 4.96. The monoisotopic (exact) mass is 276 g/mol. The van der Waals surface area contributed by atoms with E-state index in [0.29, 0.717) is 4.68 Å². The molecule has 0 unspecified atom stereocenters. The molecule has 0 aliphatic carbocycles. The number of pyridine rings is 1. The number of nitrogen functional groups attached to an aromatic ring is 1. The van der Waals surface area contributed by atoms with Crippen molar-refractivity contribution in [2.75, 3.05) is 12.8 Å². The molecule has 0 fully saturated rings. The first-order valence-corrected chi connectivity index (χ1v) is 4.96. The molecule has 0 aromatic carbocycles. The zero-order chi connectivity index (χ0) is 14.2. The Hall–Kier alpha value is -2.32. The van der Waals surface area contributed by atoms with Gasteiger partial charge in [-0.15, -0.1) is 0 Å². The van der Waals surface area contributed by atoms with Crippen LogP contribution in [0.25, 0.3) is 5.82 Å². The Morgan fingerprint density at radius 1 is 1.32 bits per heavy atom. The fourth-order valence-corrected chi connectivity index (χ4v) is 1.48. The summed E-state index contributed by atoms with van der Waals surface area (Å²) < 4.78 is 57.1. The van der Waals surface area contributed by atoms with Crippen LogP contribution < -0.4 is 10.5 Å². The molecular formula is C10H8F4N4O. The number of aromatic nitrogens is 3. The fraction of sp³-hybridized carbons (Fsp3) is 0.200. The van der Waals surface area contributed by atoms with Gasteiger partial charge in [0.15, 0.2) is 17.3 Å². The highest BCUT2D eigenvalue weighted by Crippen LogP contribution is 2.35. The highest BCUT2D eigenvalue weighted by atomic mass is 19.4. The molecule has 2 N–H and O–H groups in total. The normalized spacial score (nSPS) is 11.6. The van der Waals surface area contributed by atoms with Gasteiger partial charge in [0.1, 0.15) is 0 Å². The summed E-state index contributed by atoms with van der Waals surface area (Å²) in [7, 11) is 1.26. The van der Waals surface area contributed by atoms with Crippen LogP contribution in [0, 0.1) is 5.82 Å². The lowest BCUT2D eigenvalue weighted by Crippen LogP contribution is -2.17. The smallest absolute Gasteiger partial charge is 0.435 e. The number of nitrogens with two attached hydrogens (primary N) is 1. The minimum atomic E-state index is -4.78. The summed E-state index contributed by atoms with van der Waals surface area (Å²) in [6.07, 6.45) is -4.00. The van der Waals surface area contributed by atoms with Gasteiger partial charge in [-0.2, -0.15) is 23.3 Å². The number of methoxy groups -OCH3 is 1. The maximum atomic E-state index is 13.6. The van der Waals surface area contributed by atoms with Gasteiger partial charge in [0, 0.05) is 6.07 Å². The predicted octanol–water partition coefficient (Wildman–Crippen LogP) is 2.02. The minimum Gasteiger partial charge on any atom is -0.481 e. The van der Waals surface area contributed by atoms with E-state index < -0.39 is 29.2 Å². The van der Waals surface area contributed by atoms with Crippen LogP contribution in [0.2, 0.25) is 0 Å². The Balaban J connectivity index is 2.66. The molecule has 0 atom stereocenters. The van der Waals surface area contributed by atoms with E-state index in [2.05, 4.69) is 10.1 Å². The van der Waals surface area contributed by atoms with Crippen LogP contribution in [0.15, 0.2) is 18.3 Å². The minimum absolute atomic E-state index is 0.0430. The molecule has 2 aromatic heterocycles. The molecule has 0 saturated heterocycles. The molecule has 2 aromatic rings. The third-order valence-electron chi connectivity index (χ3n) is 2.28. The molecule has 0 amide bonds. The van der Waals surface area contributed by atoms with Gasteiger partial charge in [-0.3, -0.25) is 0 Å². The average molecular weight is 276 g/mol. The number of hydrogen-bond donors (Lipinski definition) is 1. The third kappa shape index (κ3) is 2.30. The summed E-state index contributed by atoms with van der Waals surface area (Å²) >= 11 is 0. The zero-order valence-electron chi connectivity index (χ0n) is 9.57. The summed E-state index contributed by atoms with van der Waals surface area (Å²) in [4.78, 5) is 3.60. The van der Waals surface area contributed by atoms with Gasteiger partial charge in [0.2, 0.25) is 5.88 Å². The third-order valence-corrected chi connectivity index (χ3v) is 2.28. The number of alkyl halides is 3. The predicted molar refractivity (Wildman–Crippen MR) is 57.3 cm³/mol. The van der Waals surface area contributed by atoms with E-state index in [-0.39, 0.29) is 5.88 Å². The van der Waals surface area contributed by atoms with E-state index in [4.69, 9.17) is 10.5 Å². The van der Waals surface area contributed by atoms with Crippen molar-refractivity contribution in [3.05, 3.63) is 29.8 Å². The largest absolute Gasteiger partial charge is 0.481 e. The summed E-state index contributed by atoms with van der Waals surface area (Å²) in [6, 6.07) is 2.11. The highest BCUT2D eigenvalue weighted by Gasteiger charge is 2.39. The van der Waals surface area contributed by atoms with Gasteiger partial charge in [-0.25, -0.2) is 9.07 Å². The Kier molecular flexibility index (Phi) is 3.05. The zero-order valence-corrected chi connectivity index (χ0v) is 9.57. The molecule has 0 aliphatic rings. The molecule has 19 heavy (non-hydrogen) atoms.